The molecule has 0 unspecified atom stereocenters. The zero-order chi connectivity index (χ0) is 19.7. The van der Waals surface area contributed by atoms with Crippen molar-refractivity contribution in [2.24, 2.45) is 5.92 Å². The molecule has 0 aliphatic carbocycles. The van der Waals surface area contributed by atoms with Crippen molar-refractivity contribution >= 4 is 28.3 Å². The third-order valence-corrected chi connectivity index (χ3v) is 5.22. The first-order chi connectivity index (χ1) is 13.5. The molecule has 144 valence electrons. The van der Waals surface area contributed by atoms with Crippen molar-refractivity contribution in [3.63, 3.8) is 0 Å². The van der Waals surface area contributed by atoms with Crippen LogP contribution in [-0.2, 0) is 16.1 Å². The first-order valence-electron chi connectivity index (χ1n) is 8.51. The zero-order valence-electron chi connectivity index (χ0n) is 14.5. The van der Waals surface area contributed by atoms with E-state index < -0.39 is 17.6 Å². The molecular weight excluding hydrogens is 388 g/mol. The lowest BCUT2D eigenvalue weighted by Crippen LogP contribution is -2.27. The quantitative estimate of drug-likeness (QED) is 0.705. The zero-order valence-corrected chi connectivity index (χ0v) is 15.3. The molecule has 9 heteroatoms. The minimum atomic E-state index is -0.961. The highest BCUT2D eigenvalue weighted by atomic mass is 32.1. The Kier molecular flexibility index (Phi) is 4.91. The predicted molar refractivity (Wildman–Crippen MR) is 98.3 cm³/mol. The lowest BCUT2D eigenvalue weighted by atomic mass is 10.1. The number of carbonyl (C=O) groups is 2. The number of halogens is 2. The Balaban J connectivity index is 1.39. The van der Waals surface area contributed by atoms with Gasteiger partial charge in [-0.2, -0.15) is 0 Å². The van der Waals surface area contributed by atoms with Crippen molar-refractivity contribution in [2.45, 2.75) is 13.0 Å². The van der Waals surface area contributed by atoms with Crippen LogP contribution in [-0.4, -0.2) is 28.2 Å². The maximum atomic E-state index is 13.4. The summed E-state index contributed by atoms with van der Waals surface area (Å²) in [5, 5.41) is 4.68. The standard InChI is InChI=1S/C19H15F2N3O3S/c20-14-4-3-11(6-15(14)21)16-10-28-19(22-16)23-18(26)12-7-17(25)24(8-12)9-13-2-1-5-27-13/h1-6,10,12H,7-9H2,(H,22,23,26)/t12-/m1/s1. The van der Waals surface area contributed by atoms with Crippen molar-refractivity contribution in [1.82, 2.24) is 9.88 Å². The number of amides is 2. The summed E-state index contributed by atoms with van der Waals surface area (Å²) in [5.74, 6) is -2.14. The number of thiazole rings is 1. The lowest BCUT2D eigenvalue weighted by molar-refractivity contribution is -0.128. The largest absolute Gasteiger partial charge is 0.467 e. The number of aromatic nitrogens is 1. The topological polar surface area (TPSA) is 75.4 Å². The fourth-order valence-electron chi connectivity index (χ4n) is 3.02. The fraction of sp³-hybridized carbons (Fsp3) is 0.211. The number of rotatable bonds is 5. The minimum Gasteiger partial charge on any atom is -0.467 e. The molecule has 1 aromatic carbocycles. The van der Waals surface area contributed by atoms with Gasteiger partial charge in [0.25, 0.3) is 0 Å². The van der Waals surface area contributed by atoms with Crippen molar-refractivity contribution in [3.05, 3.63) is 59.4 Å². The molecule has 1 aliphatic rings. The van der Waals surface area contributed by atoms with Crippen molar-refractivity contribution in [3.8, 4) is 11.3 Å². The van der Waals surface area contributed by atoms with Gasteiger partial charge in [-0.05, 0) is 30.3 Å². The SMILES string of the molecule is O=C(Nc1nc(-c2ccc(F)c(F)c2)cs1)[C@@H]1CC(=O)N(Cc2ccco2)C1. The van der Waals surface area contributed by atoms with Gasteiger partial charge < -0.3 is 14.6 Å². The van der Waals surface area contributed by atoms with Crippen LogP contribution in [0.4, 0.5) is 13.9 Å². The summed E-state index contributed by atoms with van der Waals surface area (Å²) in [6.07, 6.45) is 1.65. The smallest absolute Gasteiger partial charge is 0.231 e. The third kappa shape index (κ3) is 3.79. The van der Waals surface area contributed by atoms with E-state index >= 15 is 0 Å². The lowest BCUT2D eigenvalue weighted by Gasteiger charge is -2.14. The summed E-state index contributed by atoms with van der Waals surface area (Å²) in [6.45, 7) is 0.625. The van der Waals surface area contributed by atoms with E-state index in [4.69, 9.17) is 4.42 Å². The second-order valence-corrected chi connectivity index (χ2v) is 7.27. The predicted octanol–water partition coefficient (Wildman–Crippen LogP) is 3.67. The maximum absolute atomic E-state index is 13.4. The molecule has 0 saturated carbocycles. The molecule has 2 aromatic heterocycles. The Morgan fingerprint density at radius 1 is 1.32 bits per heavy atom. The summed E-state index contributed by atoms with van der Waals surface area (Å²) in [6, 6.07) is 7.02. The van der Waals surface area contributed by atoms with Gasteiger partial charge in [-0.1, -0.05) is 0 Å². The fourth-order valence-corrected chi connectivity index (χ4v) is 3.74. The van der Waals surface area contributed by atoms with Gasteiger partial charge in [-0.25, -0.2) is 13.8 Å². The molecule has 1 fully saturated rings. The number of hydrogen-bond acceptors (Lipinski definition) is 5. The van der Waals surface area contributed by atoms with Crippen LogP contribution in [0, 0.1) is 17.6 Å². The minimum absolute atomic E-state index is 0.113. The van der Waals surface area contributed by atoms with Crippen LogP contribution in [0.2, 0.25) is 0 Å². The van der Waals surface area contributed by atoms with Crippen LogP contribution in [0.25, 0.3) is 11.3 Å². The monoisotopic (exact) mass is 403 g/mol. The molecule has 0 spiro atoms. The number of anilines is 1. The van der Waals surface area contributed by atoms with Gasteiger partial charge in [0.05, 0.1) is 24.4 Å². The van der Waals surface area contributed by atoms with E-state index in [1.165, 1.54) is 23.7 Å². The number of furan rings is 1. The highest BCUT2D eigenvalue weighted by Crippen LogP contribution is 2.27. The molecule has 0 bridgehead atoms. The van der Waals surface area contributed by atoms with Crippen LogP contribution in [0.3, 0.4) is 0 Å². The normalized spacial score (nSPS) is 16.6. The van der Waals surface area contributed by atoms with Crippen LogP contribution < -0.4 is 5.32 Å². The Morgan fingerprint density at radius 3 is 2.93 bits per heavy atom. The second-order valence-electron chi connectivity index (χ2n) is 6.41. The average molecular weight is 403 g/mol. The van der Waals surface area contributed by atoms with Gasteiger partial charge in [0.15, 0.2) is 16.8 Å². The Labute approximate surface area is 162 Å². The van der Waals surface area contributed by atoms with Gasteiger partial charge in [-0.3, -0.25) is 9.59 Å². The summed E-state index contributed by atoms with van der Waals surface area (Å²) in [7, 11) is 0. The summed E-state index contributed by atoms with van der Waals surface area (Å²) in [5.41, 5.74) is 0.845. The number of carbonyl (C=O) groups excluding carboxylic acids is 2. The van der Waals surface area contributed by atoms with Gasteiger partial charge >= 0.3 is 0 Å². The molecule has 1 aliphatic heterocycles. The number of nitrogens with zero attached hydrogens (tertiary/aromatic N) is 2. The number of benzene rings is 1. The van der Waals surface area contributed by atoms with E-state index in [0.717, 1.165) is 12.1 Å². The Bertz CT molecular complexity index is 1020. The third-order valence-electron chi connectivity index (χ3n) is 4.46. The molecule has 2 amide bonds. The highest BCUT2D eigenvalue weighted by Gasteiger charge is 2.35. The molecule has 4 rings (SSSR count). The van der Waals surface area contributed by atoms with Gasteiger partial charge in [0, 0.05) is 23.9 Å². The highest BCUT2D eigenvalue weighted by molar-refractivity contribution is 7.14. The van der Waals surface area contributed by atoms with E-state index in [0.29, 0.717) is 35.2 Å². The van der Waals surface area contributed by atoms with E-state index in [1.54, 1.807) is 22.4 Å². The van der Waals surface area contributed by atoms with Gasteiger partial charge in [0.2, 0.25) is 11.8 Å². The van der Waals surface area contributed by atoms with Gasteiger partial charge in [0.1, 0.15) is 5.76 Å². The van der Waals surface area contributed by atoms with Crippen molar-refractivity contribution < 1.29 is 22.8 Å². The van der Waals surface area contributed by atoms with Crippen molar-refractivity contribution in [1.29, 1.82) is 0 Å². The summed E-state index contributed by atoms with van der Waals surface area (Å²) < 4.78 is 31.7. The molecule has 3 heterocycles. The van der Waals surface area contributed by atoms with E-state index in [-0.39, 0.29) is 18.2 Å². The Morgan fingerprint density at radius 2 is 2.18 bits per heavy atom. The maximum Gasteiger partial charge on any atom is 0.231 e. The van der Waals surface area contributed by atoms with E-state index in [1.807, 2.05) is 0 Å². The molecular formula is C19H15F2N3O3S. The average Bonchev–Trinajstić information content (AvgIpc) is 3.40. The van der Waals surface area contributed by atoms with Crippen LogP contribution in [0.1, 0.15) is 12.2 Å². The molecule has 1 saturated heterocycles. The van der Waals surface area contributed by atoms with E-state index in [9.17, 15) is 18.4 Å². The molecule has 6 nitrogen and oxygen atoms in total. The van der Waals surface area contributed by atoms with Crippen molar-refractivity contribution in [2.75, 3.05) is 11.9 Å². The Hall–Kier alpha value is -3.07. The molecule has 0 radical (unpaired) electrons. The number of nitrogens with one attached hydrogen (secondary N) is 1. The van der Waals surface area contributed by atoms with Gasteiger partial charge in [-0.15, -0.1) is 11.3 Å². The van der Waals surface area contributed by atoms with Crippen LogP contribution in [0.5, 0.6) is 0 Å². The summed E-state index contributed by atoms with van der Waals surface area (Å²) >= 11 is 1.17. The molecule has 3 aromatic rings. The van der Waals surface area contributed by atoms with E-state index in [2.05, 4.69) is 10.3 Å². The first kappa shape index (κ1) is 18.3. The molecule has 28 heavy (non-hydrogen) atoms. The number of likely N-dealkylation sites (tertiary alicyclic amines) is 1. The first-order valence-corrected chi connectivity index (χ1v) is 9.39. The van der Waals surface area contributed by atoms with Crippen LogP contribution >= 0.6 is 11.3 Å². The van der Waals surface area contributed by atoms with Crippen LogP contribution in [0.15, 0.2) is 46.4 Å². The molecule has 1 N–H and O–H groups in total. The summed E-state index contributed by atoms with van der Waals surface area (Å²) in [4.78, 5) is 30.5. The molecule has 1 atom stereocenters. The second kappa shape index (κ2) is 7.51. The number of hydrogen-bond donors (Lipinski definition) is 1.